The van der Waals surface area contributed by atoms with E-state index in [1.807, 2.05) is 39.8 Å². The lowest BCUT2D eigenvalue weighted by molar-refractivity contribution is 0.389. The predicted octanol–water partition coefficient (Wildman–Crippen LogP) is 11.0. The summed E-state index contributed by atoms with van der Waals surface area (Å²) in [5.74, 6) is 0.684. The number of allylic oxidation sites excluding steroid dienone is 1. The number of aryl methyl sites for hydroxylation is 3. The Bertz CT molecular complexity index is 1260. The maximum absolute atomic E-state index is 6.52. The van der Waals surface area contributed by atoms with Crippen LogP contribution in [0.25, 0.3) is 23.9 Å². The van der Waals surface area contributed by atoms with Crippen molar-refractivity contribution in [2.24, 2.45) is 5.92 Å². The van der Waals surface area contributed by atoms with Crippen LogP contribution in [-0.2, 0) is 13.0 Å². The Balaban J connectivity index is 0.000000782. The average molecular weight is 564 g/mol. The maximum atomic E-state index is 6.52. The summed E-state index contributed by atoms with van der Waals surface area (Å²) in [5, 5.41) is 3.17. The Morgan fingerprint density at radius 1 is 0.975 bits per heavy atom. The van der Waals surface area contributed by atoms with Gasteiger partial charge in [-0.25, -0.2) is 0 Å². The third-order valence-corrected chi connectivity index (χ3v) is 7.38. The molecule has 0 N–H and O–H groups in total. The fraction of sp³-hybridized carbons (Fsp3) is 0.474. The fourth-order valence-electron chi connectivity index (χ4n) is 4.61. The van der Waals surface area contributed by atoms with Gasteiger partial charge in [0, 0.05) is 22.5 Å². The first-order valence-corrected chi connectivity index (χ1v) is 15.7. The van der Waals surface area contributed by atoms with Crippen LogP contribution >= 0.6 is 11.6 Å². The topological polar surface area (TPSA) is 4.93 Å². The van der Waals surface area contributed by atoms with E-state index in [4.69, 9.17) is 11.6 Å². The van der Waals surface area contributed by atoms with Crippen molar-refractivity contribution in [3.05, 3.63) is 92.5 Å². The van der Waals surface area contributed by atoms with E-state index in [0.29, 0.717) is 5.92 Å². The van der Waals surface area contributed by atoms with Crippen LogP contribution in [-0.4, -0.2) is 4.57 Å². The number of rotatable bonds is 8. The predicted molar refractivity (Wildman–Crippen MR) is 185 cm³/mol. The monoisotopic (exact) mass is 563 g/mol. The second-order valence-corrected chi connectivity index (χ2v) is 11.0. The smallest absolute Gasteiger partial charge is 0.0535 e. The molecule has 0 aliphatic carbocycles. The molecule has 40 heavy (non-hydrogen) atoms. The molecular formula is C38H58ClN. The second kappa shape index (κ2) is 20.4. The summed E-state index contributed by atoms with van der Waals surface area (Å²) in [7, 11) is 0. The van der Waals surface area contributed by atoms with E-state index in [1.54, 1.807) is 0 Å². The number of benzene rings is 2. The van der Waals surface area contributed by atoms with E-state index in [-0.39, 0.29) is 0 Å². The first-order chi connectivity index (χ1) is 19.0. The van der Waals surface area contributed by atoms with Crippen molar-refractivity contribution in [2.75, 3.05) is 0 Å². The van der Waals surface area contributed by atoms with Crippen LogP contribution in [0.15, 0.2) is 54.6 Å². The van der Waals surface area contributed by atoms with Crippen molar-refractivity contribution in [3.8, 4) is 11.3 Å². The molecule has 2 heteroatoms. The lowest BCUT2D eigenvalue weighted by Crippen LogP contribution is -2.30. The zero-order chi connectivity index (χ0) is 30.8. The summed E-state index contributed by atoms with van der Waals surface area (Å²) in [4.78, 5) is 0. The van der Waals surface area contributed by atoms with Crippen LogP contribution in [0.2, 0.25) is 5.02 Å². The number of hydrogen-bond donors (Lipinski definition) is 0. The SMILES string of the molecule is C=C(C)C.C=c1/c(=C\C)c(C)c(-c2ccccc2Cl)n1C[C@@H](CC)CCCC.CC.CCc1ccc(C)c(C)c1. The van der Waals surface area contributed by atoms with Crippen LogP contribution in [0.5, 0.6) is 0 Å². The van der Waals surface area contributed by atoms with Crippen LogP contribution in [0.4, 0.5) is 0 Å². The maximum Gasteiger partial charge on any atom is 0.0535 e. The van der Waals surface area contributed by atoms with Gasteiger partial charge in [0.05, 0.1) is 5.69 Å². The first-order valence-electron chi connectivity index (χ1n) is 15.3. The Hall–Kier alpha value is -2.51. The van der Waals surface area contributed by atoms with Crippen molar-refractivity contribution in [1.29, 1.82) is 0 Å². The van der Waals surface area contributed by atoms with Crippen molar-refractivity contribution < 1.29 is 0 Å². The zero-order valence-electron chi connectivity index (χ0n) is 27.7. The fourth-order valence-corrected chi connectivity index (χ4v) is 4.84. The molecule has 0 spiro atoms. The van der Waals surface area contributed by atoms with Gasteiger partial charge in [-0.1, -0.05) is 120 Å². The minimum Gasteiger partial charge on any atom is -0.340 e. The van der Waals surface area contributed by atoms with Gasteiger partial charge in [0.25, 0.3) is 0 Å². The Morgan fingerprint density at radius 3 is 2.05 bits per heavy atom. The highest BCUT2D eigenvalue weighted by Gasteiger charge is 2.17. The summed E-state index contributed by atoms with van der Waals surface area (Å²) in [6.45, 7) is 32.2. The molecule has 0 aliphatic rings. The van der Waals surface area contributed by atoms with E-state index in [9.17, 15) is 0 Å². The molecule has 0 unspecified atom stereocenters. The lowest BCUT2D eigenvalue weighted by atomic mass is 9.99. The van der Waals surface area contributed by atoms with Crippen LogP contribution < -0.4 is 10.6 Å². The number of nitrogens with zero attached hydrogens (tertiary/aromatic N) is 1. The minimum absolute atomic E-state index is 0.684. The van der Waals surface area contributed by atoms with Crippen LogP contribution in [0.3, 0.4) is 0 Å². The molecule has 2 aromatic carbocycles. The number of halogens is 1. The highest BCUT2D eigenvalue weighted by molar-refractivity contribution is 6.33. The molecule has 0 amide bonds. The molecule has 3 rings (SSSR count). The van der Waals surface area contributed by atoms with Gasteiger partial charge < -0.3 is 4.57 Å². The lowest BCUT2D eigenvalue weighted by Gasteiger charge is -2.19. The third-order valence-electron chi connectivity index (χ3n) is 7.05. The molecule has 0 fully saturated rings. The minimum atomic E-state index is 0.684. The molecule has 222 valence electrons. The number of unbranched alkanes of at least 4 members (excludes halogenated alkanes) is 1. The van der Waals surface area contributed by atoms with Gasteiger partial charge in [0.2, 0.25) is 0 Å². The van der Waals surface area contributed by atoms with E-state index in [1.165, 1.54) is 64.4 Å². The average Bonchev–Trinajstić information content (AvgIpc) is 3.17. The molecule has 1 heterocycles. The molecule has 0 saturated carbocycles. The number of aromatic nitrogens is 1. The van der Waals surface area contributed by atoms with Gasteiger partial charge in [0.15, 0.2) is 0 Å². The van der Waals surface area contributed by atoms with E-state index in [0.717, 1.165) is 28.9 Å². The summed E-state index contributed by atoms with van der Waals surface area (Å²) >= 11 is 6.52. The summed E-state index contributed by atoms with van der Waals surface area (Å²) in [5.41, 5.74) is 9.01. The second-order valence-electron chi connectivity index (χ2n) is 10.6. The molecule has 0 aliphatic heterocycles. The summed E-state index contributed by atoms with van der Waals surface area (Å²) < 4.78 is 2.40. The number of hydrogen-bond acceptors (Lipinski definition) is 0. The van der Waals surface area contributed by atoms with E-state index >= 15 is 0 Å². The molecule has 0 radical (unpaired) electrons. The zero-order valence-corrected chi connectivity index (χ0v) is 28.4. The van der Waals surface area contributed by atoms with E-state index < -0.39 is 0 Å². The van der Waals surface area contributed by atoms with Gasteiger partial charge in [-0.3, -0.25) is 0 Å². The molecule has 0 bridgehead atoms. The van der Waals surface area contributed by atoms with Crippen molar-refractivity contribution in [2.45, 2.75) is 115 Å². The highest BCUT2D eigenvalue weighted by atomic mass is 35.5. The van der Waals surface area contributed by atoms with Crippen LogP contribution in [0.1, 0.15) is 103 Å². The molecular weight excluding hydrogens is 506 g/mol. The summed E-state index contributed by atoms with van der Waals surface area (Å²) in [6, 6.07) is 14.8. The molecule has 1 atom stereocenters. The first kappa shape index (κ1) is 37.5. The largest absolute Gasteiger partial charge is 0.340 e. The Kier molecular flexibility index (Phi) is 19.1. The Morgan fingerprint density at radius 2 is 1.57 bits per heavy atom. The van der Waals surface area contributed by atoms with Crippen molar-refractivity contribution in [1.82, 2.24) is 4.57 Å². The normalized spacial score (nSPS) is 11.3. The van der Waals surface area contributed by atoms with Gasteiger partial charge in [-0.2, -0.15) is 0 Å². The van der Waals surface area contributed by atoms with Crippen molar-refractivity contribution in [3.63, 3.8) is 0 Å². The molecule has 1 aromatic heterocycles. The van der Waals surface area contributed by atoms with Crippen molar-refractivity contribution >= 4 is 24.3 Å². The van der Waals surface area contributed by atoms with Gasteiger partial charge in [0.1, 0.15) is 0 Å². The molecule has 3 aromatic rings. The third kappa shape index (κ3) is 11.9. The van der Waals surface area contributed by atoms with E-state index in [2.05, 4.69) is 103 Å². The Labute approximate surface area is 252 Å². The molecule has 1 nitrogen and oxygen atoms in total. The molecule has 0 saturated heterocycles. The summed E-state index contributed by atoms with van der Waals surface area (Å²) in [6.07, 6.45) is 8.33. The van der Waals surface area contributed by atoms with Crippen LogP contribution in [0, 0.1) is 26.7 Å². The quantitative estimate of drug-likeness (QED) is 0.240. The highest BCUT2D eigenvalue weighted by Crippen LogP contribution is 2.29. The van der Waals surface area contributed by atoms with Gasteiger partial charge in [-0.15, -0.1) is 6.58 Å². The van der Waals surface area contributed by atoms with Gasteiger partial charge in [-0.05, 0) is 93.8 Å². The standard InChI is InChI=1S/C22H30ClN.C10H14.C4H8.C2H6/c1-6-9-12-18(7-2)15-24-17(5)19(8-3)16(4)22(24)20-13-10-11-14-21(20)23;1-4-10-6-5-8(2)9(3)7-10;1-4(2)3;1-2/h8,10-11,13-14,18H,5-7,9,12,15H2,1-4H3;5-7H,4H2,1-3H3;1H2,2-3H3;1-2H3/b19-8-;;;/t18-;;;/m0.../s1. The van der Waals surface area contributed by atoms with Gasteiger partial charge >= 0.3 is 0 Å².